The van der Waals surface area contributed by atoms with Gasteiger partial charge in [0.05, 0.1) is 18.7 Å². The maximum absolute atomic E-state index is 12.4. The fourth-order valence-electron chi connectivity index (χ4n) is 3.41. The van der Waals surface area contributed by atoms with Crippen molar-refractivity contribution in [2.24, 2.45) is 5.92 Å². The topological polar surface area (TPSA) is 54.5 Å². The molecule has 2 aromatic rings. The van der Waals surface area contributed by atoms with Gasteiger partial charge in [0.1, 0.15) is 5.75 Å². The van der Waals surface area contributed by atoms with Gasteiger partial charge in [0.2, 0.25) is 0 Å². The lowest BCUT2D eigenvalue weighted by Gasteiger charge is -2.37. The number of nitrogens with one attached hydrogen (secondary N) is 1. The monoisotopic (exact) mass is 353 g/mol. The average Bonchev–Trinajstić information content (AvgIpc) is 2.70. The minimum atomic E-state index is -0.0815. The Kier molecular flexibility index (Phi) is 6.23. The predicted molar refractivity (Wildman–Crippen MR) is 102 cm³/mol. The molecule has 0 radical (unpaired) electrons. The molecule has 1 aromatic carbocycles. The number of carbonyl (C=O) groups is 1. The molecule has 1 atom stereocenters. The normalized spacial score (nSPS) is 16.8. The molecule has 0 spiro atoms. The number of methoxy groups -OCH3 is 1. The van der Waals surface area contributed by atoms with Crippen LogP contribution in [0.3, 0.4) is 0 Å². The number of hydrogen-bond acceptors (Lipinski definition) is 4. The van der Waals surface area contributed by atoms with Crippen molar-refractivity contribution in [2.75, 3.05) is 26.7 Å². The zero-order chi connectivity index (χ0) is 18.4. The predicted octanol–water partition coefficient (Wildman–Crippen LogP) is 3.29. The van der Waals surface area contributed by atoms with Gasteiger partial charge in [-0.1, -0.05) is 19.1 Å². The molecular weight excluding hydrogens is 326 g/mol. The summed E-state index contributed by atoms with van der Waals surface area (Å²) in [4.78, 5) is 18.9. The molecule has 1 unspecified atom stereocenters. The molecule has 2 heterocycles. The lowest BCUT2D eigenvalue weighted by molar-refractivity contribution is 0.0912. The van der Waals surface area contributed by atoms with Crippen LogP contribution in [-0.4, -0.2) is 42.5 Å². The number of piperidine rings is 1. The molecule has 0 aliphatic carbocycles. The smallest absolute Gasteiger partial charge is 0.252 e. The van der Waals surface area contributed by atoms with Gasteiger partial charge in [0, 0.05) is 18.9 Å². The fourth-order valence-corrected chi connectivity index (χ4v) is 3.41. The van der Waals surface area contributed by atoms with E-state index in [1.165, 1.54) is 18.4 Å². The third kappa shape index (κ3) is 4.61. The lowest BCUT2D eigenvalue weighted by Crippen LogP contribution is -2.42. The van der Waals surface area contributed by atoms with Gasteiger partial charge in [0.15, 0.2) is 0 Å². The summed E-state index contributed by atoms with van der Waals surface area (Å²) in [5.74, 6) is 1.54. The molecule has 1 fully saturated rings. The second kappa shape index (κ2) is 8.81. The number of amides is 1. The van der Waals surface area contributed by atoms with Crippen LogP contribution in [0.4, 0.5) is 0 Å². The molecule has 0 bridgehead atoms. The van der Waals surface area contributed by atoms with Gasteiger partial charge >= 0.3 is 0 Å². The van der Waals surface area contributed by atoms with Crippen molar-refractivity contribution in [1.29, 1.82) is 0 Å². The summed E-state index contributed by atoms with van der Waals surface area (Å²) in [7, 11) is 1.67. The zero-order valence-electron chi connectivity index (χ0n) is 15.5. The second-order valence-electron chi connectivity index (χ2n) is 6.96. The van der Waals surface area contributed by atoms with Gasteiger partial charge in [-0.2, -0.15) is 0 Å². The van der Waals surface area contributed by atoms with Crippen molar-refractivity contribution in [3.8, 4) is 5.75 Å². The number of hydrogen-bond donors (Lipinski definition) is 1. The van der Waals surface area contributed by atoms with Crippen molar-refractivity contribution in [3.05, 3.63) is 59.9 Å². The Bertz CT molecular complexity index is 695. The SMILES string of the molecule is COc1ccc(C(CNC(=O)c2cccnc2)N2CCC(C)CC2)cc1. The summed E-state index contributed by atoms with van der Waals surface area (Å²) in [5, 5.41) is 3.08. The van der Waals surface area contributed by atoms with Crippen LogP contribution in [0.25, 0.3) is 0 Å². The van der Waals surface area contributed by atoms with E-state index in [0.29, 0.717) is 12.1 Å². The average molecular weight is 353 g/mol. The Labute approximate surface area is 155 Å². The number of likely N-dealkylation sites (tertiary alicyclic amines) is 1. The molecule has 26 heavy (non-hydrogen) atoms. The van der Waals surface area contributed by atoms with E-state index in [1.807, 2.05) is 12.1 Å². The fraction of sp³-hybridized carbons (Fsp3) is 0.429. The Hall–Kier alpha value is -2.40. The van der Waals surface area contributed by atoms with Gasteiger partial charge in [-0.25, -0.2) is 0 Å². The number of aromatic nitrogens is 1. The molecule has 1 aliphatic heterocycles. The maximum Gasteiger partial charge on any atom is 0.252 e. The van der Waals surface area contributed by atoms with Crippen molar-refractivity contribution >= 4 is 5.91 Å². The summed E-state index contributed by atoms with van der Waals surface area (Å²) < 4.78 is 5.27. The highest BCUT2D eigenvalue weighted by Gasteiger charge is 2.25. The van der Waals surface area contributed by atoms with E-state index in [2.05, 4.69) is 34.3 Å². The Morgan fingerprint density at radius 3 is 2.62 bits per heavy atom. The Morgan fingerprint density at radius 1 is 1.27 bits per heavy atom. The lowest BCUT2D eigenvalue weighted by atomic mass is 9.95. The Morgan fingerprint density at radius 2 is 2.00 bits per heavy atom. The van der Waals surface area contributed by atoms with Crippen molar-refractivity contribution < 1.29 is 9.53 Å². The summed E-state index contributed by atoms with van der Waals surface area (Å²) in [6, 6.07) is 11.9. The molecule has 1 aromatic heterocycles. The highest BCUT2D eigenvalue weighted by molar-refractivity contribution is 5.93. The highest BCUT2D eigenvalue weighted by Crippen LogP contribution is 2.27. The number of nitrogens with zero attached hydrogens (tertiary/aromatic N) is 2. The first-order valence-electron chi connectivity index (χ1n) is 9.23. The van der Waals surface area contributed by atoms with Gasteiger partial charge in [-0.15, -0.1) is 0 Å². The molecule has 1 aliphatic rings. The van der Waals surface area contributed by atoms with Gasteiger partial charge in [0.25, 0.3) is 5.91 Å². The molecule has 1 amide bonds. The largest absolute Gasteiger partial charge is 0.497 e. The Balaban J connectivity index is 1.72. The number of pyridine rings is 1. The molecule has 138 valence electrons. The minimum Gasteiger partial charge on any atom is -0.497 e. The number of ether oxygens (including phenoxy) is 1. The molecule has 0 saturated carbocycles. The van der Waals surface area contributed by atoms with E-state index in [1.54, 1.807) is 31.6 Å². The van der Waals surface area contributed by atoms with E-state index >= 15 is 0 Å². The number of rotatable bonds is 6. The first kappa shape index (κ1) is 18.4. The summed E-state index contributed by atoms with van der Waals surface area (Å²) in [6.07, 6.45) is 5.67. The van der Waals surface area contributed by atoms with Crippen LogP contribution in [0, 0.1) is 5.92 Å². The first-order valence-corrected chi connectivity index (χ1v) is 9.23. The van der Waals surface area contributed by atoms with E-state index in [-0.39, 0.29) is 11.9 Å². The molecule has 5 nitrogen and oxygen atoms in total. The quantitative estimate of drug-likeness (QED) is 0.866. The van der Waals surface area contributed by atoms with E-state index in [9.17, 15) is 4.79 Å². The maximum atomic E-state index is 12.4. The molecule has 1 saturated heterocycles. The van der Waals surface area contributed by atoms with E-state index in [0.717, 1.165) is 24.8 Å². The molecule has 1 N–H and O–H groups in total. The van der Waals surface area contributed by atoms with Crippen LogP contribution in [0.5, 0.6) is 5.75 Å². The van der Waals surface area contributed by atoms with Crippen molar-refractivity contribution in [3.63, 3.8) is 0 Å². The van der Waals surface area contributed by atoms with Crippen LogP contribution in [0.15, 0.2) is 48.8 Å². The van der Waals surface area contributed by atoms with Crippen LogP contribution in [0.1, 0.15) is 41.7 Å². The summed E-state index contributed by atoms with van der Waals surface area (Å²) in [6.45, 7) is 5.00. The van der Waals surface area contributed by atoms with E-state index in [4.69, 9.17) is 4.74 Å². The number of carbonyl (C=O) groups excluding carboxylic acids is 1. The van der Waals surface area contributed by atoms with E-state index < -0.39 is 0 Å². The van der Waals surface area contributed by atoms with Crippen molar-refractivity contribution in [1.82, 2.24) is 15.2 Å². The second-order valence-corrected chi connectivity index (χ2v) is 6.96. The minimum absolute atomic E-state index is 0.0815. The van der Waals surface area contributed by atoms with Gasteiger partial charge < -0.3 is 10.1 Å². The first-order chi connectivity index (χ1) is 12.7. The van der Waals surface area contributed by atoms with Gasteiger partial charge in [-0.05, 0) is 61.7 Å². The van der Waals surface area contributed by atoms with Crippen LogP contribution in [0.2, 0.25) is 0 Å². The highest BCUT2D eigenvalue weighted by atomic mass is 16.5. The van der Waals surface area contributed by atoms with Gasteiger partial charge in [-0.3, -0.25) is 14.7 Å². The molecule has 3 rings (SSSR count). The zero-order valence-corrected chi connectivity index (χ0v) is 15.5. The van der Waals surface area contributed by atoms with Crippen LogP contribution in [-0.2, 0) is 0 Å². The third-order valence-corrected chi connectivity index (χ3v) is 5.14. The standard InChI is InChI=1S/C21H27N3O2/c1-16-9-12-24(13-10-16)20(17-5-7-19(26-2)8-6-17)15-23-21(25)18-4-3-11-22-14-18/h3-8,11,14,16,20H,9-10,12-13,15H2,1-2H3,(H,23,25). The third-order valence-electron chi connectivity index (χ3n) is 5.14. The summed E-state index contributed by atoms with van der Waals surface area (Å²) in [5.41, 5.74) is 1.79. The van der Waals surface area contributed by atoms with Crippen LogP contribution >= 0.6 is 0 Å². The number of benzene rings is 1. The molecular formula is C21H27N3O2. The summed E-state index contributed by atoms with van der Waals surface area (Å²) >= 11 is 0. The van der Waals surface area contributed by atoms with Crippen LogP contribution < -0.4 is 10.1 Å². The molecule has 5 heteroatoms. The van der Waals surface area contributed by atoms with Crippen molar-refractivity contribution in [2.45, 2.75) is 25.8 Å².